The Morgan fingerprint density at radius 3 is 2.52 bits per heavy atom. The Morgan fingerprint density at radius 1 is 1.21 bits per heavy atom. The van der Waals surface area contributed by atoms with E-state index in [0.29, 0.717) is 6.04 Å². The van der Waals surface area contributed by atoms with Gasteiger partial charge >= 0.3 is 0 Å². The average molecular weight is 514 g/mol. The molecule has 1 aliphatic carbocycles. The van der Waals surface area contributed by atoms with Crippen molar-refractivity contribution in [2.75, 3.05) is 40.3 Å². The van der Waals surface area contributed by atoms with E-state index in [9.17, 15) is 0 Å². The zero-order valence-corrected chi connectivity index (χ0v) is 20.7. The summed E-state index contributed by atoms with van der Waals surface area (Å²) in [6, 6.07) is 9.04. The Bertz CT molecular complexity index is 638. The molecule has 1 aliphatic heterocycles. The standard InChI is InChI=1S/C23H38N4O.HI/c1-4-15-27-16-11-19(12-17-27)26-22(24-2)25-18-23(13-7-8-14-23)20-9-5-6-10-21(20)28-3;/h5-6,9-10,19H,4,7-8,11-18H2,1-3H3,(H2,24,25,26);1H. The quantitative estimate of drug-likeness (QED) is 0.326. The van der Waals surface area contributed by atoms with Gasteiger partial charge in [0, 0.05) is 43.7 Å². The SMILES string of the molecule is CCCN1CCC(NC(=NC)NCC2(c3ccccc3OC)CCCC2)CC1.I. The third kappa shape index (κ3) is 6.23. The van der Waals surface area contributed by atoms with Gasteiger partial charge in [-0.1, -0.05) is 38.0 Å². The first-order chi connectivity index (χ1) is 13.7. The van der Waals surface area contributed by atoms with E-state index in [2.05, 4.69) is 51.7 Å². The minimum Gasteiger partial charge on any atom is -0.496 e. The zero-order chi connectivity index (χ0) is 19.8. The molecule has 0 atom stereocenters. The van der Waals surface area contributed by atoms with Crippen LogP contribution in [0.5, 0.6) is 5.75 Å². The highest BCUT2D eigenvalue weighted by Gasteiger charge is 2.38. The van der Waals surface area contributed by atoms with Crippen LogP contribution in [-0.2, 0) is 5.41 Å². The lowest BCUT2D eigenvalue weighted by atomic mass is 9.78. The first-order valence-corrected chi connectivity index (χ1v) is 11.0. The lowest BCUT2D eigenvalue weighted by Crippen LogP contribution is -2.51. The van der Waals surface area contributed by atoms with Gasteiger partial charge in [-0.2, -0.15) is 0 Å². The van der Waals surface area contributed by atoms with Gasteiger partial charge in [0.1, 0.15) is 5.75 Å². The van der Waals surface area contributed by atoms with E-state index in [-0.39, 0.29) is 29.4 Å². The van der Waals surface area contributed by atoms with Gasteiger partial charge in [-0.15, -0.1) is 24.0 Å². The highest BCUT2D eigenvalue weighted by molar-refractivity contribution is 14.0. The fourth-order valence-corrected chi connectivity index (χ4v) is 4.93. The molecule has 0 spiro atoms. The first kappa shape index (κ1) is 24.3. The second-order valence-electron chi connectivity index (χ2n) is 8.37. The van der Waals surface area contributed by atoms with Crippen LogP contribution in [0.4, 0.5) is 0 Å². The number of rotatable bonds is 7. The maximum atomic E-state index is 5.69. The molecule has 6 heteroatoms. The van der Waals surface area contributed by atoms with Crippen molar-refractivity contribution in [2.24, 2.45) is 4.99 Å². The number of methoxy groups -OCH3 is 1. The Kier molecular flexibility index (Phi) is 10.0. The molecule has 0 aromatic heterocycles. The highest BCUT2D eigenvalue weighted by Crippen LogP contribution is 2.44. The van der Waals surface area contributed by atoms with Gasteiger partial charge in [0.25, 0.3) is 0 Å². The molecule has 0 amide bonds. The van der Waals surface area contributed by atoms with E-state index in [1.807, 2.05) is 7.05 Å². The van der Waals surface area contributed by atoms with E-state index in [4.69, 9.17) is 4.74 Å². The van der Waals surface area contributed by atoms with Crippen molar-refractivity contribution in [3.63, 3.8) is 0 Å². The molecule has 1 aromatic rings. The van der Waals surface area contributed by atoms with Crippen LogP contribution in [0.1, 0.15) is 57.4 Å². The summed E-state index contributed by atoms with van der Waals surface area (Å²) in [6.07, 6.45) is 8.59. The maximum Gasteiger partial charge on any atom is 0.191 e. The summed E-state index contributed by atoms with van der Waals surface area (Å²) in [5.74, 6) is 1.95. The van der Waals surface area contributed by atoms with Gasteiger partial charge in [0.05, 0.1) is 7.11 Å². The van der Waals surface area contributed by atoms with Crippen molar-refractivity contribution in [3.05, 3.63) is 29.8 Å². The summed E-state index contributed by atoms with van der Waals surface area (Å²) in [6.45, 7) is 6.76. The number of halogens is 1. The topological polar surface area (TPSA) is 48.9 Å². The number of hydrogen-bond donors (Lipinski definition) is 2. The number of guanidine groups is 1. The molecule has 5 nitrogen and oxygen atoms in total. The van der Waals surface area contributed by atoms with Crippen molar-refractivity contribution in [1.82, 2.24) is 15.5 Å². The predicted molar refractivity (Wildman–Crippen MR) is 133 cm³/mol. The molecule has 1 heterocycles. The first-order valence-electron chi connectivity index (χ1n) is 11.0. The van der Waals surface area contributed by atoms with Crippen molar-refractivity contribution < 1.29 is 4.74 Å². The van der Waals surface area contributed by atoms with E-state index < -0.39 is 0 Å². The molecule has 1 saturated carbocycles. The van der Waals surface area contributed by atoms with E-state index in [0.717, 1.165) is 18.3 Å². The summed E-state index contributed by atoms with van der Waals surface area (Å²) >= 11 is 0. The monoisotopic (exact) mass is 514 g/mol. The lowest BCUT2D eigenvalue weighted by molar-refractivity contribution is 0.206. The second kappa shape index (κ2) is 12.0. The smallest absolute Gasteiger partial charge is 0.191 e. The molecular weight excluding hydrogens is 475 g/mol. The minimum absolute atomic E-state index is 0. The average Bonchev–Trinajstić information content (AvgIpc) is 3.22. The molecule has 0 radical (unpaired) electrons. The van der Waals surface area contributed by atoms with Crippen LogP contribution < -0.4 is 15.4 Å². The number of hydrogen-bond acceptors (Lipinski definition) is 3. The number of nitrogens with one attached hydrogen (secondary N) is 2. The number of aliphatic imine (C=N–C) groups is 1. The second-order valence-corrected chi connectivity index (χ2v) is 8.37. The van der Waals surface area contributed by atoms with Crippen LogP contribution in [0, 0.1) is 0 Å². The third-order valence-corrected chi connectivity index (χ3v) is 6.53. The number of piperidine rings is 1. The molecule has 0 bridgehead atoms. The van der Waals surface area contributed by atoms with Gasteiger partial charge in [0.15, 0.2) is 5.96 Å². The molecule has 0 unspecified atom stereocenters. The summed E-state index contributed by atoms with van der Waals surface area (Å²) in [5, 5.41) is 7.33. The van der Waals surface area contributed by atoms with Gasteiger partial charge in [-0.25, -0.2) is 0 Å². The van der Waals surface area contributed by atoms with Gasteiger partial charge in [0.2, 0.25) is 0 Å². The predicted octanol–water partition coefficient (Wildman–Crippen LogP) is 4.16. The summed E-state index contributed by atoms with van der Waals surface area (Å²) in [5.41, 5.74) is 1.47. The van der Waals surface area contributed by atoms with Crippen LogP contribution in [-0.4, -0.2) is 57.2 Å². The normalized spacial score (nSPS) is 20.2. The molecule has 1 aromatic carbocycles. The van der Waals surface area contributed by atoms with Crippen LogP contribution in [0.3, 0.4) is 0 Å². The number of nitrogens with zero attached hydrogens (tertiary/aromatic N) is 2. The molecule has 3 rings (SSSR count). The number of likely N-dealkylation sites (tertiary alicyclic amines) is 1. The fraction of sp³-hybridized carbons (Fsp3) is 0.696. The van der Waals surface area contributed by atoms with Crippen LogP contribution in [0.15, 0.2) is 29.3 Å². The fourth-order valence-electron chi connectivity index (χ4n) is 4.93. The Labute approximate surface area is 194 Å². The Hall–Kier alpha value is -1.02. The van der Waals surface area contributed by atoms with Crippen molar-refractivity contribution in [2.45, 2.75) is 63.3 Å². The summed E-state index contributed by atoms with van der Waals surface area (Å²) in [7, 11) is 3.66. The molecular formula is C23H39IN4O. The van der Waals surface area contributed by atoms with Gasteiger partial charge in [-0.3, -0.25) is 4.99 Å². The van der Waals surface area contributed by atoms with Gasteiger partial charge in [-0.05, 0) is 44.7 Å². The van der Waals surface area contributed by atoms with E-state index >= 15 is 0 Å². The molecule has 29 heavy (non-hydrogen) atoms. The molecule has 2 aliphatic rings. The third-order valence-electron chi connectivity index (χ3n) is 6.53. The van der Waals surface area contributed by atoms with Crippen molar-refractivity contribution in [1.29, 1.82) is 0 Å². The van der Waals surface area contributed by atoms with Crippen molar-refractivity contribution in [3.8, 4) is 5.75 Å². The number of ether oxygens (including phenoxy) is 1. The Morgan fingerprint density at radius 2 is 1.90 bits per heavy atom. The van der Waals surface area contributed by atoms with Gasteiger partial charge < -0.3 is 20.3 Å². The number of para-hydroxylation sites is 1. The molecule has 2 fully saturated rings. The van der Waals surface area contributed by atoms with Crippen molar-refractivity contribution >= 4 is 29.9 Å². The zero-order valence-electron chi connectivity index (χ0n) is 18.4. The highest BCUT2D eigenvalue weighted by atomic mass is 127. The minimum atomic E-state index is 0. The Balaban J connectivity index is 0.00000300. The summed E-state index contributed by atoms with van der Waals surface area (Å²) in [4.78, 5) is 7.09. The maximum absolute atomic E-state index is 5.69. The van der Waals surface area contributed by atoms with E-state index in [1.54, 1.807) is 7.11 Å². The molecule has 164 valence electrons. The largest absolute Gasteiger partial charge is 0.496 e. The molecule has 2 N–H and O–H groups in total. The van der Waals surface area contributed by atoms with E-state index in [1.165, 1.54) is 70.1 Å². The van der Waals surface area contributed by atoms with Crippen LogP contribution in [0.25, 0.3) is 0 Å². The number of benzene rings is 1. The van der Waals surface area contributed by atoms with Crippen LogP contribution >= 0.6 is 24.0 Å². The summed E-state index contributed by atoms with van der Waals surface area (Å²) < 4.78 is 5.69. The lowest BCUT2D eigenvalue weighted by Gasteiger charge is -2.34. The molecule has 1 saturated heterocycles. The van der Waals surface area contributed by atoms with Crippen LogP contribution in [0.2, 0.25) is 0 Å².